The highest BCUT2D eigenvalue weighted by Gasteiger charge is 2.32. The maximum Gasteiger partial charge on any atom is 0.243 e. The first-order chi connectivity index (χ1) is 16.3. The number of anilines is 4. The van der Waals surface area contributed by atoms with Crippen LogP contribution in [-0.4, -0.2) is 60.3 Å². The Labute approximate surface area is 202 Å². The molecular formula is C25H32N6O2S. The lowest BCUT2D eigenvalue weighted by molar-refractivity contribution is 0.186. The summed E-state index contributed by atoms with van der Waals surface area (Å²) in [4.78, 5) is 11.3. The Hall–Kier alpha value is -3.01. The summed E-state index contributed by atoms with van der Waals surface area (Å²) in [7, 11) is -1.48. The number of benzene rings is 2. The van der Waals surface area contributed by atoms with Crippen LogP contribution >= 0.6 is 0 Å². The van der Waals surface area contributed by atoms with Crippen LogP contribution in [0.5, 0.6) is 0 Å². The van der Waals surface area contributed by atoms with E-state index in [1.165, 1.54) is 5.56 Å². The predicted molar refractivity (Wildman–Crippen MR) is 136 cm³/mol. The van der Waals surface area contributed by atoms with Gasteiger partial charge in [-0.15, -0.1) is 0 Å². The monoisotopic (exact) mass is 480 g/mol. The van der Waals surface area contributed by atoms with Gasteiger partial charge < -0.3 is 15.5 Å². The Balaban J connectivity index is 1.44. The summed E-state index contributed by atoms with van der Waals surface area (Å²) in [6.45, 7) is 6.24. The lowest BCUT2D eigenvalue weighted by Gasteiger charge is -2.36. The van der Waals surface area contributed by atoms with Crippen LogP contribution in [0.25, 0.3) is 0 Å². The second kappa shape index (κ2) is 10.5. The number of hydrogen-bond donors (Lipinski definition) is 2. The highest BCUT2D eigenvalue weighted by atomic mass is 32.2. The van der Waals surface area contributed by atoms with E-state index in [0.29, 0.717) is 28.9 Å². The molecule has 0 radical (unpaired) electrons. The lowest BCUT2D eigenvalue weighted by atomic mass is 10.1. The molecule has 2 aromatic carbocycles. The molecule has 8 nitrogen and oxygen atoms in total. The van der Waals surface area contributed by atoms with Gasteiger partial charge in [-0.05, 0) is 82.4 Å². The summed E-state index contributed by atoms with van der Waals surface area (Å²) in [5.41, 5.74) is 2.85. The molecule has 180 valence electrons. The standard InChI is InChI=1S/C25H32N6O2S/c1-4-31(22-14-17-30(3)18-15-22)34(32,33)23-11-9-21(10-12-23)28-25-26-16-13-24(29-25)27-20-7-5-19(2)6-8-20/h5-13,16,22H,4,14-15,17-18H2,1-3H3,(H2,26,27,28,29). The Morgan fingerprint density at radius 1 is 0.971 bits per heavy atom. The second-order valence-electron chi connectivity index (χ2n) is 8.65. The van der Waals surface area contributed by atoms with E-state index in [1.54, 1.807) is 40.8 Å². The number of nitrogens with one attached hydrogen (secondary N) is 2. The van der Waals surface area contributed by atoms with Gasteiger partial charge in [-0.25, -0.2) is 13.4 Å². The quantitative estimate of drug-likeness (QED) is 0.494. The fourth-order valence-electron chi connectivity index (χ4n) is 4.16. The Morgan fingerprint density at radius 3 is 2.24 bits per heavy atom. The Bertz CT molecular complexity index is 1190. The minimum atomic E-state index is -3.56. The molecule has 0 bridgehead atoms. The van der Waals surface area contributed by atoms with Gasteiger partial charge in [0.25, 0.3) is 0 Å². The highest BCUT2D eigenvalue weighted by molar-refractivity contribution is 7.89. The van der Waals surface area contributed by atoms with Crippen LogP contribution in [0.4, 0.5) is 23.1 Å². The predicted octanol–water partition coefficient (Wildman–Crippen LogP) is 4.38. The molecule has 0 atom stereocenters. The summed E-state index contributed by atoms with van der Waals surface area (Å²) in [5, 5.41) is 6.41. The molecule has 0 saturated carbocycles. The Kier molecular flexibility index (Phi) is 7.45. The molecule has 1 saturated heterocycles. The van der Waals surface area contributed by atoms with Crippen molar-refractivity contribution in [2.24, 2.45) is 0 Å². The molecule has 2 N–H and O–H groups in total. The molecule has 0 unspecified atom stereocenters. The zero-order chi connectivity index (χ0) is 24.1. The van der Waals surface area contributed by atoms with Gasteiger partial charge in [0.05, 0.1) is 4.90 Å². The largest absolute Gasteiger partial charge is 0.340 e. The maximum atomic E-state index is 13.3. The van der Waals surface area contributed by atoms with Crippen LogP contribution in [-0.2, 0) is 10.0 Å². The molecular weight excluding hydrogens is 448 g/mol. The van der Waals surface area contributed by atoms with Crippen LogP contribution in [0, 0.1) is 6.92 Å². The van der Waals surface area contributed by atoms with Crippen LogP contribution in [0.3, 0.4) is 0 Å². The fraction of sp³-hybridized carbons (Fsp3) is 0.360. The van der Waals surface area contributed by atoms with E-state index in [-0.39, 0.29) is 6.04 Å². The second-order valence-corrected chi connectivity index (χ2v) is 10.5. The SMILES string of the molecule is CCN(C1CCN(C)CC1)S(=O)(=O)c1ccc(Nc2nccc(Nc3ccc(C)cc3)n2)cc1. The first-order valence-corrected chi connectivity index (χ1v) is 13.0. The van der Waals surface area contributed by atoms with Gasteiger partial charge >= 0.3 is 0 Å². The van der Waals surface area contributed by atoms with Crippen molar-refractivity contribution < 1.29 is 8.42 Å². The molecule has 3 aromatic rings. The molecule has 1 aliphatic rings. The van der Waals surface area contributed by atoms with Gasteiger partial charge in [-0.1, -0.05) is 24.6 Å². The molecule has 1 fully saturated rings. The molecule has 9 heteroatoms. The van der Waals surface area contributed by atoms with E-state index in [1.807, 2.05) is 38.1 Å². The number of aryl methyl sites for hydroxylation is 1. The molecule has 1 aromatic heterocycles. The van der Waals surface area contributed by atoms with E-state index >= 15 is 0 Å². The number of rotatable bonds is 8. The van der Waals surface area contributed by atoms with Crippen molar-refractivity contribution in [3.05, 3.63) is 66.4 Å². The summed E-state index contributed by atoms with van der Waals surface area (Å²) >= 11 is 0. The number of aromatic nitrogens is 2. The van der Waals surface area contributed by atoms with Crippen LogP contribution in [0.2, 0.25) is 0 Å². The third-order valence-electron chi connectivity index (χ3n) is 6.10. The van der Waals surface area contributed by atoms with Gasteiger partial charge in [0.2, 0.25) is 16.0 Å². The average Bonchev–Trinajstić information content (AvgIpc) is 2.83. The number of sulfonamides is 1. The van der Waals surface area contributed by atoms with Gasteiger partial charge in [0.15, 0.2) is 0 Å². The minimum absolute atomic E-state index is 0.0428. The lowest BCUT2D eigenvalue weighted by Crippen LogP contribution is -2.46. The van der Waals surface area contributed by atoms with E-state index in [2.05, 4.69) is 32.5 Å². The molecule has 0 spiro atoms. The molecule has 0 amide bonds. The van der Waals surface area contributed by atoms with Crippen molar-refractivity contribution in [2.75, 3.05) is 37.3 Å². The van der Waals surface area contributed by atoms with Crippen molar-refractivity contribution in [3.8, 4) is 0 Å². The van der Waals surface area contributed by atoms with Crippen molar-refractivity contribution in [2.45, 2.75) is 37.6 Å². The van der Waals surface area contributed by atoms with Gasteiger partial charge in [-0.3, -0.25) is 0 Å². The van der Waals surface area contributed by atoms with Crippen molar-refractivity contribution >= 4 is 33.2 Å². The number of hydrogen-bond acceptors (Lipinski definition) is 7. The number of piperidine rings is 1. The van der Waals surface area contributed by atoms with Crippen molar-refractivity contribution in [3.63, 3.8) is 0 Å². The third kappa shape index (κ3) is 5.72. The number of likely N-dealkylation sites (tertiary alicyclic amines) is 1. The summed E-state index contributed by atoms with van der Waals surface area (Å²) in [6.07, 6.45) is 3.38. The molecule has 2 heterocycles. The van der Waals surface area contributed by atoms with Crippen LogP contribution < -0.4 is 10.6 Å². The van der Waals surface area contributed by atoms with Gasteiger partial charge in [0, 0.05) is 30.2 Å². The molecule has 34 heavy (non-hydrogen) atoms. The van der Waals surface area contributed by atoms with Crippen LogP contribution in [0.1, 0.15) is 25.3 Å². The highest BCUT2D eigenvalue weighted by Crippen LogP contribution is 2.25. The summed E-state index contributed by atoms with van der Waals surface area (Å²) in [5.74, 6) is 1.09. The van der Waals surface area contributed by atoms with E-state index in [0.717, 1.165) is 31.6 Å². The average molecular weight is 481 g/mol. The smallest absolute Gasteiger partial charge is 0.243 e. The normalized spacial score (nSPS) is 15.4. The minimum Gasteiger partial charge on any atom is -0.340 e. The number of nitrogens with zero attached hydrogens (tertiary/aromatic N) is 4. The van der Waals surface area contributed by atoms with Crippen LogP contribution in [0.15, 0.2) is 65.7 Å². The van der Waals surface area contributed by atoms with E-state index in [4.69, 9.17) is 0 Å². The summed E-state index contributed by atoms with van der Waals surface area (Å²) in [6, 6.07) is 16.7. The zero-order valence-electron chi connectivity index (χ0n) is 19.9. The Morgan fingerprint density at radius 2 is 1.59 bits per heavy atom. The third-order valence-corrected chi connectivity index (χ3v) is 8.15. The van der Waals surface area contributed by atoms with Gasteiger partial charge in [-0.2, -0.15) is 9.29 Å². The fourth-order valence-corrected chi connectivity index (χ4v) is 5.85. The maximum absolute atomic E-state index is 13.3. The summed E-state index contributed by atoms with van der Waals surface area (Å²) < 4.78 is 28.3. The van der Waals surface area contributed by atoms with Crippen molar-refractivity contribution in [1.29, 1.82) is 0 Å². The van der Waals surface area contributed by atoms with E-state index in [9.17, 15) is 8.42 Å². The topological polar surface area (TPSA) is 90.5 Å². The van der Waals surface area contributed by atoms with E-state index < -0.39 is 10.0 Å². The first-order valence-electron chi connectivity index (χ1n) is 11.6. The molecule has 0 aliphatic carbocycles. The van der Waals surface area contributed by atoms with Gasteiger partial charge in [0.1, 0.15) is 5.82 Å². The molecule has 1 aliphatic heterocycles. The first kappa shape index (κ1) is 24.1. The van der Waals surface area contributed by atoms with Crippen molar-refractivity contribution in [1.82, 2.24) is 19.2 Å². The zero-order valence-corrected chi connectivity index (χ0v) is 20.7. The molecule has 4 rings (SSSR count).